The largest absolute Gasteiger partial charge is 1.00 e. The number of carbonyl (C=O) groups excluding carboxylic acids is 1. The van der Waals surface area contributed by atoms with E-state index in [4.69, 9.17) is 4.79 Å². The first-order chi connectivity index (χ1) is 4.43. The van der Waals surface area contributed by atoms with Crippen LogP contribution in [0.3, 0.4) is 0 Å². The molecular weight excluding hydrogens is 197 g/mol. The first-order valence-electron chi connectivity index (χ1n) is 2.42. The third kappa shape index (κ3) is 7.41. The fourth-order valence-corrected chi connectivity index (χ4v) is 1.14. The fraction of sp³-hybridized carbons (Fsp3) is 0.286. The minimum Gasteiger partial charge on any atom is -1.00 e. The molecule has 1 aliphatic rings. The molecule has 0 saturated carbocycles. The van der Waals surface area contributed by atoms with Crippen LogP contribution in [0.5, 0.6) is 0 Å². The molecule has 0 aromatic carbocycles. The summed E-state index contributed by atoms with van der Waals surface area (Å²) in [6.45, 7) is 4.50. The van der Waals surface area contributed by atoms with Crippen LogP contribution in [0.25, 0.3) is 0 Å². The van der Waals surface area contributed by atoms with Gasteiger partial charge in [-0.2, -0.15) is 0 Å². The number of hydrogen-bond donors (Lipinski definition) is 0. The van der Waals surface area contributed by atoms with E-state index in [0.717, 1.165) is 0 Å². The van der Waals surface area contributed by atoms with E-state index in [1.54, 1.807) is 0 Å². The summed E-state index contributed by atoms with van der Waals surface area (Å²) >= 11 is 1.45. The van der Waals surface area contributed by atoms with E-state index in [1.165, 1.54) is 25.6 Å². The second-order valence-corrected chi connectivity index (χ2v) is 2.57. The molecule has 0 aromatic heterocycles. The third-order valence-electron chi connectivity index (χ3n) is 0.924. The number of hydrogen-bond acceptors (Lipinski definition) is 1. The summed E-state index contributed by atoms with van der Waals surface area (Å²) in [7, 11) is 0. The molecule has 0 atom stereocenters. The van der Waals surface area contributed by atoms with Crippen molar-refractivity contribution in [3.05, 3.63) is 22.7 Å². The molecule has 0 aromatic rings. The van der Waals surface area contributed by atoms with E-state index in [-0.39, 0.29) is 9.41 Å². The monoisotopic (exact) mass is 205 g/mol. The van der Waals surface area contributed by atoms with E-state index in [2.05, 4.69) is 30.9 Å². The maximum atomic E-state index is 7.50. The van der Waals surface area contributed by atoms with Gasteiger partial charge in [-0.15, -0.1) is 0 Å². The van der Waals surface area contributed by atoms with Crippen molar-refractivity contribution in [2.75, 3.05) is 0 Å². The van der Waals surface area contributed by atoms with E-state index in [9.17, 15) is 0 Å². The Balaban J connectivity index is -0.000000149. The van der Waals surface area contributed by atoms with E-state index in [0.29, 0.717) is 0 Å². The van der Waals surface area contributed by atoms with Crippen LogP contribution >= 0.6 is 0 Å². The van der Waals surface area contributed by atoms with E-state index in [1.807, 2.05) is 0 Å². The summed E-state index contributed by atoms with van der Waals surface area (Å²) in [5.41, 5.74) is 0. The molecule has 4 heteroatoms. The molecule has 11 heavy (non-hydrogen) atoms. The third-order valence-corrected chi connectivity index (χ3v) is 1.98. The Hall–Kier alpha value is -0.484. The number of rotatable bonds is 1. The van der Waals surface area contributed by atoms with Gasteiger partial charge in [0.1, 0.15) is 0 Å². The minimum atomic E-state index is 0. The van der Waals surface area contributed by atoms with Crippen molar-refractivity contribution in [3.8, 4) is 0 Å². The maximum absolute atomic E-state index is 7.50. The first kappa shape index (κ1) is 16.9. The Morgan fingerprint density at radius 1 is 1.45 bits per heavy atom. The molecule has 0 aliphatic heterocycles. The minimum absolute atomic E-state index is 0. The molecule has 0 heterocycles. The average Bonchev–Trinajstić information content (AvgIpc) is 2.43. The Labute approximate surface area is 71.3 Å². The molecule has 0 bridgehead atoms. The molecule has 0 spiro atoms. The molecule has 1 aliphatic carbocycles. The molecule has 0 unspecified atom stereocenters. The predicted molar refractivity (Wildman–Crippen MR) is 33.4 cm³/mol. The van der Waals surface area contributed by atoms with Gasteiger partial charge in [0, 0.05) is 0 Å². The Bertz CT molecular complexity index is 134. The quantitative estimate of drug-likeness (QED) is 0.422. The van der Waals surface area contributed by atoms with Gasteiger partial charge >= 0.3 is 49.7 Å². The second-order valence-electron chi connectivity index (χ2n) is 1.38. The summed E-state index contributed by atoms with van der Waals surface area (Å²) in [5.74, 6) is 2.16. The van der Waals surface area contributed by atoms with Gasteiger partial charge in [0.25, 0.3) is 6.79 Å². The molecule has 1 rings (SSSR count). The molecule has 0 saturated heterocycles. The van der Waals surface area contributed by atoms with Crippen LogP contribution in [0.1, 0.15) is 6.42 Å². The van der Waals surface area contributed by atoms with Gasteiger partial charge in [0.05, 0.1) is 0 Å². The van der Waals surface area contributed by atoms with Gasteiger partial charge in [0.2, 0.25) is 0 Å². The molecule has 0 fully saturated rings. The maximum Gasteiger partial charge on any atom is 0.281 e. The van der Waals surface area contributed by atoms with Crippen LogP contribution in [-0.4, -0.2) is 6.79 Å². The van der Waals surface area contributed by atoms with Crippen molar-refractivity contribution in [2.24, 2.45) is 0 Å². The normalized spacial score (nSPS) is 11.5. The zero-order valence-corrected chi connectivity index (χ0v) is 6.98. The van der Waals surface area contributed by atoms with Crippen molar-refractivity contribution in [1.29, 1.82) is 0 Å². The van der Waals surface area contributed by atoms with Crippen LogP contribution in [0, 0.1) is 0 Å². The Morgan fingerprint density at radius 3 is 2.18 bits per heavy atom. The van der Waals surface area contributed by atoms with Gasteiger partial charge in [-0.05, 0) is 0 Å². The van der Waals surface area contributed by atoms with Gasteiger partial charge < -0.3 is 9.41 Å². The Kier molecular flexibility index (Phi) is 18.7. The van der Waals surface area contributed by atoms with Crippen molar-refractivity contribution in [2.45, 2.75) is 12.3 Å². The van der Waals surface area contributed by atoms with E-state index >= 15 is 0 Å². The number of allylic oxidation sites excluding steroid dienone is 4. The Morgan fingerprint density at radius 2 is 2.00 bits per heavy atom. The van der Waals surface area contributed by atoms with Gasteiger partial charge in [-0.25, -0.2) is 0 Å². The topological polar surface area (TPSA) is 17.1 Å². The number of halogens is 2. The SMILES string of the molecule is [CH3][Co+2][C]1=CC=CC1.[C]=O.[F-].[F-]. The van der Waals surface area contributed by atoms with Gasteiger partial charge in [-0.3, -0.25) is 4.79 Å². The summed E-state index contributed by atoms with van der Waals surface area (Å²) in [6, 6.07) is 0. The second kappa shape index (κ2) is 12.2. The molecule has 0 N–H and O–H groups in total. The molecular formula is C7H8CoF2O. The van der Waals surface area contributed by atoms with E-state index < -0.39 is 0 Å². The summed E-state index contributed by atoms with van der Waals surface area (Å²) in [4.78, 5) is 7.50. The van der Waals surface area contributed by atoms with Crippen LogP contribution in [-0.2, 0) is 19.5 Å². The van der Waals surface area contributed by atoms with Gasteiger partial charge in [-0.1, -0.05) is 0 Å². The molecule has 1 nitrogen and oxygen atoms in total. The van der Waals surface area contributed by atoms with Crippen molar-refractivity contribution >= 4 is 6.79 Å². The fourth-order valence-electron chi connectivity index (χ4n) is 0.535. The van der Waals surface area contributed by atoms with Crippen molar-refractivity contribution in [3.63, 3.8) is 0 Å². The zero-order valence-electron chi connectivity index (χ0n) is 5.94. The average molecular weight is 205 g/mol. The zero-order chi connectivity index (χ0) is 7.11. The van der Waals surface area contributed by atoms with Crippen LogP contribution < -0.4 is 9.41 Å². The first-order valence-corrected chi connectivity index (χ1v) is 3.98. The smallest absolute Gasteiger partial charge is 0.281 e. The van der Waals surface area contributed by atoms with Crippen molar-refractivity contribution in [1.82, 2.24) is 0 Å². The standard InChI is InChI=1S/C5H5.CO.CH3.Co.2FH/c1-2-4-5-3-1;1-2;;;;/h1-3H,4H2;;1H3;;2*1H/q;;;+2;;/p-2. The van der Waals surface area contributed by atoms with Crippen LogP contribution in [0.15, 0.2) is 22.7 Å². The van der Waals surface area contributed by atoms with Crippen LogP contribution in [0.4, 0.5) is 0 Å². The molecule has 0 amide bonds. The van der Waals surface area contributed by atoms with Gasteiger partial charge in [0.15, 0.2) is 0 Å². The summed E-state index contributed by atoms with van der Waals surface area (Å²) in [5, 5.41) is 0. The summed E-state index contributed by atoms with van der Waals surface area (Å²) < 4.78 is 1.52. The molecule has 2 radical (unpaired) electrons. The van der Waals surface area contributed by atoms with Crippen LogP contribution in [0.2, 0.25) is 5.86 Å². The summed E-state index contributed by atoms with van der Waals surface area (Å²) in [6.07, 6.45) is 7.66. The molecule has 65 valence electrons. The van der Waals surface area contributed by atoms with Crippen molar-refractivity contribution < 1.29 is 28.9 Å². The predicted octanol–water partition coefficient (Wildman–Crippen LogP) is -4.43.